The maximum atomic E-state index is 10.6. The van der Waals surface area contributed by atoms with Gasteiger partial charge in [0.25, 0.3) is 0 Å². The minimum Gasteiger partial charge on any atom is -0.264 e. The van der Waals surface area contributed by atoms with E-state index in [0.29, 0.717) is 0 Å². The maximum Gasteiger partial charge on any atom is 0.397 e. The number of allylic oxidation sites excluding steroid dienone is 1. The van der Waals surface area contributed by atoms with Crippen molar-refractivity contribution in [3.63, 3.8) is 0 Å². The van der Waals surface area contributed by atoms with Crippen LogP contribution in [0.3, 0.4) is 0 Å². The molecule has 0 aliphatic heterocycles. The second kappa shape index (κ2) is 11.4. The van der Waals surface area contributed by atoms with Gasteiger partial charge in [-0.3, -0.25) is 4.55 Å². The summed E-state index contributed by atoms with van der Waals surface area (Å²) in [5, 5.41) is 0. The lowest BCUT2D eigenvalue weighted by Gasteiger charge is -2.11. The first-order chi connectivity index (χ1) is 8.99. The van der Waals surface area contributed by atoms with E-state index in [0.717, 1.165) is 38.5 Å². The minimum atomic E-state index is -4.32. The molecule has 5 heteroatoms. The minimum absolute atomic E-state index is 0.0353. The highest BCUT2D eigenvalue weighted by Gasteiger charge is 2.10. The fraction of sp³-hybridized carbons (Fsp3) is 0.857. The Kier molecular flexibility index (Phi) is 11.2. The third kappa shape index (κ3) is 13.8. The van der Waals surface area contributed by atoms with Crippen LogP contribution < -0.4 is 0 Å². The maximum absolute atomic E-state index is 10.6. The standard InChI is InChI=1S/C14H28O4S/c1-3-5-7-9-11-14(12-10-8-6-4-2)13-18-19(15,16)17/h9,11,14H,3-8,10,12-13H2,1-2H3,(H,15,16,17)/b11-9+. The average molecular weight is 292 g/mol. The van der Waals surface area contributed by atoms with Gasteiger partial charge in [-0.2, -0.15) is 8.42 Å². The Labute approximate surface area is 118 Å². The van der Waals surface area contributed by atoms with E-state index >= 15 is 0 Å². The Balaban J connectivity index is 4.09. The van der Waals surface area contributed by atoms with Gasteiger partial charge in [0.1, 0.15) is 0 Å². The molecule has 0 radical (unpaired) electrons. The van der Waals surface area contributed by atoms with Crippen molar-refractivity contribution in [2.45, 2.75) is 65.2 Å². The molecule has 0 aromatic heterocycles. The van der Waals surface area contributed by atoms with Crippen molar-refractivity contribution in [1.82, 2.24) is 0 Å². The Morgan fingerprint density at radius 1 is 1.11 bits per heavy atom. The zero-order chi connectivity index (χ0) is 14.6. The molecule has 0 aromatic rings. The fourth-order valence-corrected chi connectivity index (χ4v) is 2.20. The van der Waals surface area contributed by atoms with Gasteiger partial charge in [0.2, 0.25) is 0 Å². The van der Waals surface area contributed by atoms with Gasteiger partial charge in [0.15, 0.2) is 0 Å². The van der Waals surface area contributed by atoms with Crippen LogP contribution in [-0.2, 0) is 14.6 Å². The normalized spacial score (nSPS) is 14.1. The van der Waals surface area contributed by atoms with Crippen molar-refractivity contribution in [2.75, 3.05) is 6.61 Å². The largest absolute Gasteiger partial charge is 0.397 e. The predicted octanol–water partition coefficient (Wildman–Crippen LogP) is 4.14. The smallest absolute Gasteiger partial charge is 0.264 e. The Hall–Kier alpha value is -0.390. The van der Waals surface area contributed by atoms with Crippen LogP contribution in [0.15, 0.2) is 12.2 Å². The predicted molar refractivity (Wildman–Crippen MR) is 78.4 cm³/mol. The second-order valence-electron chi connectivity index (χ2n) is 4.89. The van der Waals surface area contributed by atoms with Gasteiger partial charge >= 0.3 is 10.4 Å². The lowest BCUT2D eigenvalue weighted by molar-refractivity contribution is 0.234. The Morgan fingerprint density at radius 3 is 2.37 bits per heavy atom. The van der Waals surface area contributed by atoms with Crippen LogP contribution in [0.1, 0.15) is 65.2 Å². The molecule has 114 valence electrons. The SMILES string of the molecule is CCCC/C=C/C(CCCCCC)COS(=O)(=O)O. The molecule has 0 bridgehead atoms. The first kappa shape index (κ1) is 18.6. The van der Waals surface area contributed by atoms with E-state index in [2.05, 4.69) is 24.1 Å². The second-order valence-corrected chi connectivity index (χ2v) is 5.98. The number of unbranched alkanes of at least 4 members (excludes halogenated alkanes) is 5. The highest BCUT2D eigenvalue weighted by molar-refractivity contribution is 7.80. The van der Waals surface area contributed by atoms with Gasteiger partial charge in [0.05, 0.1) is 6.61 Å². The fourth-order valence-electron chi connectivity index (χ4n) is 1.85. The van der Waals surface area contributed by atoms with Crippen LogP contribution in [0.25, 0.3) is 0 Å². The van der Waals surface area contributed by atoms with Crippen LogP contribution in [0.5, 0.6) is 0 Å². The molecule has 0 amide bonds. The first-order valence-electron chi connectivity index (χ1n) is 7.28. The van der Waals surface area contributed by atoms with Crippen LogP contribution in [0.2, 0.25) is 0 Å². The topological polar surface area (TPSA) is 63.6 Å². The summed E-state index contributed by atoms with van der Waals surface area (Å²) in [7, 11) is -4.32. The Morgan fingerprint density at radius 2 is 1.79 bits per heavy atom. The van der Waals surface area contributed by atoms with Crippen molar-refractivity contribution in [1.29, 1.82) is 0 Å². The van der Waals surface area contributed by atoms with Gasteiger partial charge in [-0.05, 0) is 12.8 Å². The third-order valence-electron chi connectivity index (χ3n) is 2.99. The van der Waals surface area contributed by atoms with Crippen molar-refractivity contribution in [3.8, 4) is 0 Å². The van der Waals surface area contributed by atoms with Gasteiger partial charge in [-0.15, -0.1) is 0 Å². The molecule has 0 saturated heterocycles. The van der Waals surface area contributed by atoms with Gasteiger partial charge < -0.3 is 0 Å². The summed E-state index contributed by atoms with van der Waals surface area (Å²) < 4.78 is 34.3. The molecule has 0 aliphatic carbocycles. The summed E-state index contributed by atoms with van der Waals surface area (Å²) in [5.74, 6) is 0.0654. The van der Waals surface area contributed by atoms with Crippen molar-refractivity contribution in [2.24, 2.45) is 5.92 Å². The highest BCUT2D eigenvalue weighted by atomic mass is 32.3. The molecule has 1 atom stereocenters. The molecular weight excluding hydrogens is 264 g/mol. The van der Waals surface area contributed by atoms with Crippen molar-refractivity contribution >= 4 is 10.4 Å². The summed E-state index contributed by atoms with van der Waals surface area (Å²) in [6.07, 6.45) is 12.9. The summed E-state index contributed by atoms with van der Waals surface area (Å²) in [4.78, 5) is 0. The van der Waals surface area contributed by atoms with E-state index in [1.165, 1.54) is 12.8 Å². The summed E-state index contributed by atoms with van der Waals surface area (Å²) >= 11 is 0. The molecule has 4 nitrogen and oxygen atoms in total. The molecule has 0 aliphatic rings. The monoisotopic (exact) mass is 292 g/mol. The molecule has 0 saturated carbocycles. The zero-order valence-corrected chi connectivity index (χ0v) is 13.0. The summed E-state index contributed by atoms with van der Waals surface area (Å²) in [6.45, 7) is 4.33. The van der Waals surface area contributed by atoms with Crippen LogP contribution in [0.4, 0.5) is 0 Å². The van der Waals surface area contributed by atoms with E-state index in [9.17, 15) is 8.42 Å². The molecule has 1 unspecified atom stereocenters. The molecule has 0 fully saturated rings. The van der Waals surface area contributed by atoms with Gasteiger partial charge in [-0.1, -0.05) is 64.5 Å². The van der Waals surface area contributed by atoms with E-state index in [-0.39, 0.29) is 12.5 Å². The van der Waals surface area contributed by atoms with Gasteiger partial charge in [0, 0.05) is 5.92 Å². The van der Waals surface area contributed by atoms with Crippen molar-refractivity contribution < 1.29 is 17.2 Å². The Bertz CT molecular complexity index is 322. The number of rotatable bonds is 12. The first-order valence-corrected chi connectivity index (χ1v) is 8.64. The average Bonchev–Trinajstić information content (AvgIpc) is 2.34. The highest BCUT2D eigenvalue weighted by Crippen LogP contribution is 2.14. The van der Waals surface area contributed by atoms with Crippen LogP contribution >= 0.6 is 0 Å². The third-order valence-corrected chi connectivity index (χ3v) is 3.43. The molecule has 1 N–H and O–H groups in total. The lowest BCUT2D eigenvalue weighted by Crippen LogP contribution is -2.12. The van der Waals surface area contributed by atoms with E-state index < -0.39 is 10.4 Å². The molecule has 19 heavy (non-hydrogen) atoms. The zero-order valence-electron chi connectivity index (χ0n) is 12.2. The van der Waals surface area contributed by atoms with Crippen LogP contribution in [0, 0.1) is 5.92 Å². The molecule has 0 rings (SSSR count). The lowest BCUT2D eigenvalue weighted by atomic mass is 10.0. The summed E-state index contributed by atoms with van der Waals surface area (Å²) in [6, 6.07) is 0. The molecule has 0 aromatic carbocycles. The molecule has 0 heterocycles. The van der Waals surface area contributed by atoms with E-state index in [4.69, 9.17) is 4.55 Å². The van der Waals surface area contributed by atoms with E-state index in [1.807, 2.05) is 6.08 Å². The number of hydrogen-bond acceptors (Lipinski definition) is 3. The van der Waals surface area contributed by atoms with Gasteiger partial charge in [-0.25, -0.2) is 4.18 Å². The summed E-state index contributed by atoms with van der Waals surface area (Å²) in [5.41, 5.74) is 0. The number of hydrogen-bond donors (Lipinski definition) is 1. The van der Waals surface area contributed by atoms with E-state index in [1.54, 1.807) is 0 Å². The van der Waals surface area contributed by atoms with Crippen LogP contribution in [-0.4, -0.2) is 19.6 Å². The quantitative estimate of drug-likeness (QED) is 0.333. The molecular formula is C14H28O4S. The van der Waals surface area contributed by atoms with Crippen molar-refractivity contribution in [3.05, 3.63) is 12.2 Å². The molecule has 0 spiro atoms.